The first-order valence-electron chi connectivity index (χ1n) is 7.29. The molecule has 0 amide bonds. The lowest BCUT2D eigenvalue weighted by atomic mass is 9.72. The van der Waals surface area contributed by atoms with E-state index in [0.717, 1.165) is 20.1 Å². The first-order chi connectivity index (χ1) is 7.95. The highest BCUT2D eigenvalue weighted by atomic mass is 16.5. The van der Waals surface area contributed by atoms with Crippen LogP contribution in [-0.2, 0) is 4.74 Å². The van der Waals surface area contributed by atoms with E-state index < -0.39 is 0 Å². The second kappa shape index (κ2) is 6.09. The molecule has 0 radical (unpaired) electrons. The summed E-state index contributed by atoms with van der Waals surface area (Å²) >= 11 is 0. The van der Waals surface area contributed by atoms with E-state index in [4.69, 9.17) is 4.74 Å². The van der Waals surface area contributed by atoms with Crippen LogP contribution in [0.15, 0.2) is 11.6 Å². The predicted molar refractivity (Wildman–Crippen MR) is 77.9 cm³/mol. The summed E-state index contributed by atoms with van der Waals surface area (Å²) in [6.45, 7) is 13.7. The Labute approximate surface area is 108 Å². The van der Waals surface area contributed by atoms with Crippen molar-refractivity contribution in [3.8, 4) is 0 Å². The zero-order valence-electron chi connectivity index (χ0n) is 12.5. The van der Waals surface area contributed by atoms with Crippen LogP contribution in [0, 0.1) is 11.8 Å². The summed E-state index contributed by atoms with van der Waals surface area (Å²) in [4.78, 5) is 0. The van der Waals surface area contributed by atoms with Crippen molar-refractivity contribution in [3.63, 3.8) is 0 Å². The molecular weight excluding hydrogens is 207 g/mol. The molecule has 0 saturated carbocycles. The quantitative estimate of drug-likeness (QED) is 0.500. The lowest BCUT2D eigenvalue weighted by Crippen LogP contribution is -2.42. The molecule has 0 bridgehead atoms. The molecule has 0 aromatic heterocycles. The van der Waals surface area contributed by atoms with Crippen molar-refractivity contribution < 1.29 is 4.74 Å². The van der Waals surface area contributed by atoms with Crippen LogP contribution in [0.3, 0.4) is 0 Å². The lowest BCUT2D eigenvalue weighted by Gasteiger charge is -2.39. The molecule has 0 N–H and O–H groups in total. The number of hydrogen-bond donors (Lipinski definition) is 0. The van der Waals surface area contributed by atoms with Gasteiger partial charge in [-0.1, -0.05) is 46.2 Å². The maximum atomic E-state index is 6.54. The molecule has 0 fully saturated rings. The van der Waals surface area contributed by atoms with E-state index in [9.17, 15) is 0 Å². The minimum Gasteiger partial charge on any atom is -0.379 e. The molecule has 0 aromatic rings. The fourth-order valence-corrected chi connectivity index (χ4v) is 3.04. The van der Waals surface area contributed by atoms with E-state index >= 15 is 0 Å². The van der Waals surface area contributed by atoms with Crippen LogP contribution in [-0.4, -0.2) is 18.9 Å². The zero-order chi connectivity index (χ0) is 13.1. The minimum atomic E-state index is 0.0783. The first kappa shape index (κ1) is 14.8. The van der Waals surface area contributed by atoms with E-state index in [-0.39, 0.29) is 5.60 Å². The number of ether oxygens (including phenoxy) is 1. The molecule has 2 heteroatoms. The van der Waals surface area contributed by atoms with Crippen LogP contribution in [0.4, 0.5) is 0 Å². The second-order valence-corrected chi connectivity index (χ2v) is 6.09. The van der Waals surface area contributed by atoms with Crippen LogP contribution in [0.2, 0.25) is 6.82 Å². The SMILES string of the molecule is CBC(CC)OC1(CC(C)C)CC=C(C)C1C. The summed E-state index contributed by atoms with van der Waals surface area (Å²) in [7, 11) is 1.13. The van der Waals surface area contributed by atoms with Crippen LogP contribution >= 0.6 is 0 Å². The topological polar surface area (TPSA) is 9.23 Å². The monoisotopic (exact) mass is 236 g/mol. The summed E-state index contributed by atoms with van der Waals surface area (Å²) in [5.41, 5.74) is 1.59. The molecule has 3 unspecified atom stereocenters. The van der Waals surface area contributed by atoms with Crippen molar-refractivity contribution in [2.45, 2.75) is 72.3 Å². The summed E-state index contributed by atoms with van der Waals surface area (Å²) in [6.07, 6.45) is 5.80. The Balaban J connectivity index is 2.81. The van der Waals surface area contributed by atoms with Gasteiger partial charge in [0.2, 0.25) is 0 Å². The van der Waals surface area contributed by atoms with Gasteiger partial charge >= 0.3 is 0 Å². The van der Waals surface area contributed by atoms with Gasteiger partial charge in [-0.25, -0.2) is 0 Å². The average molecular weight is 236 g/mol. The molecule has 1 nitrogen and oxygen atoms in total. The van der Waals surface area contributed by atoms with Crippen molar-refractivity contribution >= 4 is 7.28 Å². The third-order valence-electron chi connectivity index (χ3n) is 4.31. The Morgan fingerprint density at radius 3 is 2.53 bits per heavy atom. The Morgan fingerprint density at radius 2 is 2.18 bits per heavy atom. The van der Waals surface area contributed by atoms with Gasteiger partial charge in [0.1, 0.15) is 0 Å². The van der Waals surface area contributed by atoms with Gasteiger partial charge < -0.3 is 4.74 Å². The molecule has 0 heterocycles. The summed E-state index contributed by atoms with van der Waals surface area (Å²) in [5, 5.41) is 0. The molecule has 1 rings (SSSR count). The van der Waals surface area contributed by atoms with Gasteiger partial charge in [0, 0.05) is 11.9 Å². The van der Waals surface area contributed by atoms with Gasteiger partial charge in [-0.3, -0.25) is 0 Å². The zero-order valence-corrected chi connectivity index (χ0v) is 12.5. The standard InChI is InChI=1S/C15H29BO/c1-7-14(16-6)17-15(10-11(2)3)9-8-12(4)13(15)5/h8,11,13-14,16H,7,9-10H2,1-6H3. The van der Waals surface area contributed by atoms with Gasteiger partial charge in [0.05, 0.1) is 5.60 Å². The molecule has 98 valence electrons. The summed E-state index contributed by atoms with van der Waals surface area (Å²) < 4.78 is 6.54. The maximum Gasteiger partial charge on any atom is 0.154 e. The highest BCUT2D eigenvalue weighted by Gasteiger charge is 2.42. The van der Waals surface area contributed by atoms with E-state index in [1.165, 1.54) is 12.0 Å². The molecule has 0 saturated heterocycles. The van der Waals surface area contributed by atoms with Crippen molar-refractivity contribution in [1.82, 2.24) is 0 Å². The minimum absolute atomic E-state index is 0.0783. The van der Waals surface area contributed by atoms with Crippen molar-refractivity contribution in [3.05, 3.63) is 11.6 Å². The fourth-order valence-electron chi connectivity index (χ4n) is 3.04. The normalized spacial score (nSPS) is 30.5. The van der Waals surface area contributed by atoms with E-state index in [1.807, 2.05) is 0 Å². The molecule has 0 spiro atoms. The molecular formula is C15H29BO. The molecule has 1 aliphatic carbocycles. The molecule has 1 aliphatic rings. The van der Waals surface area contributed by atoms with Gasteiger partial charge in [-0.2, -0.15) is 0 Å². The predicted octanol–water partition coefficient (Wildman–Crippen LogP) is 3.99. The molecule has 3 atom stereocenters. The molecule has 0 aromatic carbocycles. The average Bonchev–Trinajstić information content (AvgIpc) is 2.54. The third kappa shape index (κ3) is 3.37. The van der Waals surface area contributed by atoms with E-state index in [2.05, 4.69) is 47.5 Å². The Bertz CT molecular complexity index is 268. The molecule has 17 heavy (non-hydrogen) atoms. The Kier molecular flexibility index (Phi) is 5.31. The summed E-state index contributed by atoms with van der Waals surface area (Å²) in [5.74, 6) is 1.27. The smallest absolute Gasteiger partial charge is 0.154 e. The number of rotatable bonds is 6. The Hall–Kier alpha value is -0.235. The van der Waals surface area contributed by atoms with Crippen LogP contribution in [0.1, 0.15) is 53.9 Å². The van der Waals surface area contributed by atoms with Crippen molar-refractivity contribution in [2.75, 3.05) is 0 Å². The number of hydrogen-bond acceptors (Lipinski definition) is 1. The van der Waals surface area contributed by atoms with Gasteiger partial charge in [0.15, 0.2) is 7.28 Å². The third-order valence-corrected chi connectivity index (χ3v) is 4.31. The van der Waals surface area contributed by atoms with Crippen molar-refractivity contribution in [2.24, 2.45) is 11.8 Å². The van der Waals surface area contributed by atoms with Gasteiger partial charge in [-0.15, -0.1) is 0 Å². The lowest BCUT2D eigenvalue weighted by molar-refractivity contribution is -0.0942. The van der Waals surface area contributed by atoms with Gasteiger partial charge in [-0.05, 0) is 32.1 Å². The highest BCUT2D eigenvalue weighted by molar-refractivity contribution is 6.35. The second-order valence-electron chi connectivity index (χ2n) is 6.09. The summed E-state index contributed by atoms with van der Waals surface area (Å²) in [6, 6.07) is 0.426. The fraction of sp³-hybridized carbons (Fsp3) is 0.867. The van der Waals surface area contributed by atoms with Crippen molar-refractivity contribution in [1.29, 1.82) is 0 Å². The highest BCUT2D eigenvalue weighted by Crippen LogP contribution is 2.43. The van der Waals surface area contributed by atoms with Gasteiger partial charge in [0.25, 0.3) is 0 Å². The Morgan fingerprint density at radius 1 is 1.53 bits per heavy atom. The van der Waals surface area contributed by atoms with E-state index in [1.54, 1.807) is 0 Å². The largest absolute Gasteiger partial charge is 0.379 e. The maximum absolute atomic E-state index is 6.54. The van der Waals surface area contributed by atoms with E-state index in [0.29, 0.717) is 17.8 Å². The molecule has 0 aliphatic heterocycles. The first-order valence-corrected chi connectivity index (χ1v) is 7.29. The van der Waals surface area contributed by atoms with Crippen LogP contribution in [0.25, 0.3) is 0 Å². The van der Waals surface area contributed by atoms with Crippen LogP contribution < -0.4 is 0 Å². The van der Waals surface area contributed by atoms with Crippen LogP contribution in [0.5, 0.6) is 0 Å².